The maximum atomic E-state index is 12.7. The van der Waals surface area contributed by atoms with E-state index in [1.807, 2.05) is 0 Å². The van der Waals surface area contributed by atoms with Crippen LogP contribution in [0.2, 0.25) is 20.1 Å². The van der Waals surface area contributed by atoms with Crippen molar-refractivity contribution in [2.24, 2.45) is 0 Å². The summed E-state index contributed by atoms with van der Waals surface area (Å²) in [6.45, 7) is -0.380. The SMILES string of the molecule is COc1ccc(OC)c(NC(=O)COC(=O)CCCCCN2C(=O)c3c(Cl)c(Cl)c(Cl)c(Cl)c3C2=O)c1. The van der Waals surface area contributed by atoms with Gasteiger partial charge in [-0.1, -0.05) is 52.8 Å². The lowest BCUT2D eigenvalue weighted by Gasteiger charge is -2.13. The maximum Gasteiger partial charge on any atom is 0.306 e. The summed E-state index contributed by atoms with van der Waals surface area (Å²) in [5.41, 5.74) is 0.238. The van der Waals surface area contributed by atoms with Gasteiger partial charge in [0.1, 0.15) is 11.5 Å². The van der Waals surface area contributed by atoms with E-state index in [0.717, 1.165) is 4.90 Å². The lowest BCUT2D eigenvalue weighted by Crippen LogP contribution is -2.30. The number of rotatable bonds is 11. The number of nitrogens with zero attached hydrogens (tertiary/aromatic N) is 1. The number of amides is 3. The number of carbonyl (C=O) groups excluding carboxylic acids is 4. The van der Waals surface area contributed by atoms with Gasteiger partial charge in [0.15, 0.2) is 6.61 Å². The number of hydrogen-bond donors (Lipinski definition) is 1. The van der Waals surface area contributed by atoms with Crippen LogP contribution in [0, 0.1) is 0 Å². The zero-order valence-corrected chi connectivity index (χ0v) is 22.8. The Morgan fingerprint density at radius 3 is 2.05 bits per heavy atom. The highest BCUT2D eigenvalue weighted by Crippen LogP contribution is 2.44. The van der Waals surface area contributed by atoms with Crippen LogP contribution in [0.3, 0.4) is 0 Å². The summed E-state index contributed by atoms with van der Waals surface area (Å²) in [4.78, 5) is 50.6. The van der Waals surface area contributed by atoms with Crippen LogP contribution < -0.4 is 14.8 Å². The summed E-state index contributed by atoms with van der Waals surface area (Å²) >= 11 is 24.2. The third kappa shape index (κ3) is 6.41. The molecule has 9 nitrogen and oxygen atoms in total. The number of fused-ring (bicyclic) bond motifs is 1. The van der Waals surface area contributed by atoms with Gasteiger partial charge in [-0.3, -0.25) is 24.1 Å². The molecule has 2 aromatic rings. The van der Waals surface area contributed by atoms with Gasteiger partial charge >= 0.3 is 5.97 Å². The average molecular weight is 592 g/mol. The van der Waals surface area contributed by atoms with Crippen molar-refractivity contribution in [3.63, 3.8) is 0 Å². The van der Waals surface area contributed by atoms with E-state index in [2.05, 4.69) is 5.32 Å². The number of halogens is 4. The first-order chi connectivity index (χ1) is 17.6. The number of nitrogens with one attached hydrogen (secondary N) is 1. The molecule has 3 rings (SSSR count). The standard InChI is InChI=1S/C24H22Cl4N2O7/c1-35-12-7-8-14(36-2)13(10-12)29-15(31)11-37-16(32)6-4-3-5-9-30-23(33)17-18(24(30)34)20(26)22(28)21(27)19(17)25/h7-8,10H,3-6,9,11H2,1-2H3,(H,29,31). The van der Waals surface area contributed by atoms with Gasteiger partial charge in [-0.2, -0.15) is 0 Å². The van der Waals surface area contributed by atoms with Crippen molar-refractivity contribution in [3.8, 4) is 11.5 Å². The Bertz CT molecular complexity index is 1210. The minimum atomic E-state index is -0.608. The van der Waals surface area contributed by atoms with Gasteiger partial charge in [-0.05, 0) is 25.0 Å². The predicted octanol–water partition coefficient (Wildman–Crippen LogP) is 5.66. The number of unbranched alkanes of at least 4 members (excludes halogenated alkanes) is 2. The number of imide groups is 1. The van der Waals surface area contributed by atoms with E-state index in [1.165, 1.54) is 14.2 Å². The van der Waals surface area contributed by atoms with Gasteiger partial charge in [-0.15, -0.1) is 0 Å². The van der Waals surface area contributed by atoms with Crippen molar-refractivity contribution in [2.75, 3.05) is 32.7 Å². The molecular weight excluding hydrogens is 570 g/mol. The maximum absolute atomic E-state index is 12.7. The quantitative estimate of drug-likeness (QED) is 0.118. The van der Waals surface area contributed by atoms with E-state index >= 15 is 0 Å². The summed E-state index contributed by atoms with van der Waals surface area (Å²) in [6.07, 6.45) is 1.41. The third-order valence-corrected chi connectivity index (χ3v) is 7.29. The predicted molar refractivity (Wildman–Crippen MR) is 139 cm³/mol. The van der Waals surface area contributed by atoms with Crippen LogP contribution in [0.5, 0.6) is 11.5 Å². The van der Waals surface area contributed by atoms with Crippen LogP contribution in [0.15, 0.2) is 18.2 Å². The van der Waals surface area contributed by atoms with E-state index in [9.17, 15) is 19.2 Å². The molecule has 0 aromatic heterocycles. The molecule has 1 aliphatic heterocycles. The normalized spacial score (nSPS) is 12.4. The minimum absolute atomic E-state index is 0.0563. The number of anilines is 1. The molecule has 1 aliphatic rings. The molecule has 198 valence electrons. The fourth-order valence-electron chi connectivity index (χ4n) is 3.63. The van der Waals surface area contributed by atoms with E-state index < -0.39 is 30.3 Å². The van der Waals surface area contributed by atoms with Crippen molar-refractivity contribution in [3.05, 3.63) is 49.4 Å². The number of esters is 1. The first-order valence-electron chi connectivity index (χ1n) is 11.0. The van der Waals surface area contributed by atoms with E-state index in [4.69, 9.17) is 60.6 Å². The fourth-order valence-corrected chi connectivity index (χ4v) is 4.65. The van der Waals surface area contributed by atoms with Gasteiger partial charge in [0, 0.05) is 19.0 Å². The van der Waals surface area contributed by atoms with Crippen molar-refractivity contribution < 1.29 is 33.4 Å². The molecule has 0 saturated carbocycles. The smallest absolute Gasteiger partial charge is 0.306 e. The number of carbonyl (C=O) groups is 4. The Labute approximate surface area is 232 Å². The van der Waals surface area contributed by atoms with Crippen LogP contribution in [0.1, 0.15) is 46.4 Å². The summed E-state index contributed by atoms with van der Waals surface area (Å²) in [6, 6.07) is 4.90. The lowest BCUT2D eigenvalue weighted by molar-refractivity contribution is -0.147. The molecule has 0 bridgehead atoms. The van der Waals surface area contributed by atoms with Gasteiger partial charge < -0.3 is 19.5 Å². The molecular formula is C24H22Cl4N2O7. The van der Waals surface area contributed by atoms with Gasteiger partial charge in [0.2, 0.25) is 0 Å². The van der Waals surface area contributed by atoms with E-state index in [1.54, 1.807) is 18.2 Å². The molecule has 2 aromatic carbocycles. The van der Waals surface area contributed by atoms with Crippen LogP contribution in [0.4, 0.5) is 5.69 Å². The molecule has 0 unspecified atom stereocenters. The summed E-state index contributed by atoms with van der Waals surface area (Å²) < 4.78 is 15.3. The van der Waals surface area contributed by atoms with Gasteiger partial charge in [0.25, 0.3) is 17.7 Å². The third-order valence-electron chi connectivity index (χ3n) is 5.49. The Hall–Kier alpha value is -2.72. The van der Waals surface area contributed by atoms with E-state index in [0.29, 0.717) is 36.4 Å². The van der Waals surface area contributed by atoms with Crippen molar-refractivity contribution in [1.29, 1.82) is 0 Å². The minimum Gasteiger partial charge on any atom is -0.497 e. The fraction of sp³-hybridized carbons (Fsp3) is 0.333. The Morgan fingerprint density at radius 2 is 1.49 bits per heavy atom. The highest BCUT2D eigenvalue weighted by molar-refractivity contribution is 6.55. The Kier molecular flexibility index (Phi) is 9.89. The number of methoxy groups -OCH3 is 2. The Balaban J connectivity index is 1.41. The van der Waals surface area contributed by atoms with Crippen LogP contribution in [-0.4, -0.2) is 56.0 Å². The second kappa shape index (κ2) is 12.7. The first kappa shape index (κ1) is 28.8. The number of ether oxygens (including phenoxy) is 3. The largest absolute Gasteiger partial charge is 0.497 e. The summed E-state index contributed by atoms with van der Waals surface area (Å²) in [5, 5.41) is 2.18. The molecule has 0 radical (unpaired) electrons. The zero-order valence-electron chi connectivity index (χ0n) is 19.8. The number of hydrogen-bond acceptors (Lipinski definition) is 7. The second-order valence-electron chi connectivity index (χ2n) is 7.85. The Morgan fingerprint density at radius 1 is 0.865 bits per heavy atom. The van der Waals surface area contributed by atoms with Crippen LogP contribution in [0.25, 0.3) is 0 Å². The molecule has 0 atom stereocenters. The van der Waals surface area contributed by atoms with Gasteiger partial charge in [0.05, 0.1) is 51.1 Å². The molecule has 1 heterocycles. The molecule has 37 heavy (non-hydrogen) atoms. The number of benzene rings is 2. The van der Waals surface area contributed by atoms with Crippen molar-refractivity contribution >= 4 is 75.8 Å². The molecule has 3 amide bonds. The average Bonchev–Trinajstić information content (AvgIpc) is 3.14. The molecule has 1 N–H and O–H groups in total. The monoisotopic (exact) mass is 590 g/mol. The zero-order chi connectivity index (χ0) is 27.3. The van der Waals surface area contributed by atoms with Crippen LogP contribution in [-0.2, 0) is 14.3 Å². The topological polar surface area (TPSA) is 111 Å². The molecule has 0 spiro atoms. The lowest BCUT2D eigenvalue weighted by atomic mass is 10.1. The first-order valence-corrected chi connectivity index (χ1v) is 12.5. The summed E-state index contributed by atoms with van der Waals surface area (Å²) in [7, 11) is 2.95. The molecule has 0 saturated heterocycles. The van der Waals surface area contributed by atoms with E-state index in [-0.39, 0.29) is 44.2 Å². The van der Waals surface area contributed by atoms with Crippen LogP contribution >= 0.6 is 46.4 Å². The highest BCUT2D eigenvalue weighted by atomic mass is 35.5. The molecule has 0 aliphatic carbocycles. The molecule has 13 heteroatoms. The molecule has 0 fully saturated rings. The van der Waals surface area contributed by atoms with Crippen molar-refractivity contribution in [1.82, 2.24) is 4.90 Å². The van der Waals surface area contributed by atoms with Gasteiger partial charge in [-0.25, -0.2) is 0 Å². The summed E-state index contributed by atoms with van der Waals surface area (Å²) in [5.74, 6) is -1.37. The van der Waals surface area contributed by atoms with Crippen molar-refractivity contribution in [2.45, 2.75) is 25.7 Å². The second-order valence-corrected chi connectivity index (χ2v) is 9.37. The highest BCUT2D eigenvalue weighted by Gasteiger charge is 2.41.